The van der Waals surface area contributed by atoms with Crippen LogP contribution < -0.4 is 9.47 Å². The number of allylic oxidation sites excluding steroid dienone is 6. The van der Waals surface area contributed by atoms with Crippen molar-refractivity contribution in [2.45, 2.75) is 103 Å². The highest BCUT2D eigenvalue weighted by atomic mass is 32.2. The number of aromatic nitrogens is 1. The first-order valence-corrected chi connectivity index (χ1v) is 24.5. The van der Waals surface area contributed by atoms with Crippen molar-refractivity contribution in [3.05, 3.63) is 119 Å². The Morgan fingerprint density at radius 3 is 2.16 bits per heavy atom. The van der Waals surface area contributed by atoms with Gasteiger partial charge in [0.25, 0.3) is 11.8 Å². The Balaban J connectivity index is 1.30. The monoisotopic (exact) mass is 900 g/mol. The summed E-state index contributed by atoms with van der Waals surface area (Å²) in [5, 5.41) is 0.568. The number of hydrogen-bond acceptors (Lipinski definition) is 11. The number of nitrogens with zero attached hydrogens (tertiary/aromatic N) is 4. The van der Waals surface area contributed by atoms with Gasteiger partial charge in [-0.2, -0.15) is 4.58 Å². The van der Waals surface area contributed by atoms with Crippen LogP contribution in [0.25, 0.3) is 5.57 Å². The molecule has 3 aliphatic rings. The number of imide groups is 1. The number of carbonyl (C=O) groups excluding carboxylic acids is 3. The molecule has 14 nitrogen and oxygen atoms in total. The SMILES string of the molecule is Cc1ccc2c(c1)C(C)(C)C(=CC=C(C=CC1=[N+](CCCS(=O)(=O)[O-])c3ccccc3C1(C)C)c1cc[n+](CCCCCC(=O)ON3C(=O)CCC3=O)cc1)N2CCCS(=O)(=O)[O-]. The molecule has 3 aromatic rings. The fourth-order valence-corrected chi connectivity index (χ4v) is 9.61. The summed E-state index contributed by atoms with van der Waals surface area (Å²) >= 11 is 0. The van der Waals surface area contributed by atoms with Crippen molar-refractivity contribution in [3.63, 3.8) is 0 Å². The van der Waals surface area contributed by atoms with Gasteiger partial charge in [0.05, 0.1) is 25.7 Å². The van der Waals surface area contributed by atoms with Crippen LogP contribution in [-0.4, -0.2) is 83.7 Å². The summed E-state index contributed by atoms with van der Waals surface area (Å²) in [5.74, 6) is -2.57. The first kappa shape index (κ1) is 47.2. The van der Waals surface area contributed by atoms with Crippen LogP contribution in [0.4, 0.5) is 11.4 Å². The quantitative estimate of drug-likeness (QED) is 0.0450. The minimum atomic E-state index is -4.41. The van der Waals surface area contributed by atoms with E-state index in [4.69, 9.17) is 4.84 Å². The largest absolute Gasteiger partial charge is 0.748 e. The molecule has 0 bridgehead atoms. The summed E-state index contributed by atoms with van der Waals surface area (Å²) in [5.41, 5.74) is 7.87. The van der Waals surface area contributed by atoms with Crippen molar-refractivity contribution < 1.29 is 54.3 Å². The zero-order chi connectivity index (χ0) is 45.7. The van der Waals surface area contributed by atoms with E-state index >= 15 is 0 Å². The third-order valence-electron chi connectivity index (χ3n) is 12.0. The van der Waals surface area contributed by atoms with Crippen LogP contribution in [0.15, 0.2) is 97.0 Å². The number of hydroxylamine groups is 2. The molecule has 1 fully saturated rings. The Morgan fingerprint density at radius 2 is 1.48 bits per heavy atom. The van der Waals surface area contributed by atoms with Crippen LogP contribution in [0.3, 0.4) is 0 Å². The highest BCUT2D eigenvalue weighted by molar-refractivity contribution is 7.85. The molecule has 0 atom stereocenters. The number of rotatable bonds is 19. The molecule has 0 saturated carbocycles. The molecule has 0 aliphatic carbocycles. The highest BCUT2D eigenvalue weighted by Crippen LogP contribution is 2.48. The molecule has 0 radical (unpaired) electrons. The Morgan fingerprint density at radius 1 is 0.810 bits per heavy atom. The molecular formula is C47H56N4O10S2. The lowest BCUT2D eigenvalue weighted by Crippen LogP contribution is -2.32. The molecule has 16 heteroatoms. The molecule has 2 aromatic carbocycles. The Bertz CT molecular complexity index is 2590. The Kier molecular flexibility index (Phi) is 14.4. The number of fused-ring (bicyclic) bond motifs is 2. The second-order valence-electron chi connectivity index (χ2n) is 17.4. The molecule has 2 amide bonds. The third kappa shape index (κ3) is 11.5. The highest BCUT2D eigenvalue weighted by Gasteiger charge is 2.44. The van der Waals surface area contributed by atoms with E-state index < -0.39 is 60.4 Å². The van der Waals surface area contributed by atoms with Gasteiger partial charge in [-0.3, -0.25) is 9.59 Å². The lowest BCUT2D eigenvalue weighted by Gasteiger charge is -2.27. The van der Waals surface area contributed by atoms with Gasteiger partial charge in [0.1, 0.15) is 13.1 Å². The van der Waals surface area contributed by atoms with E-state index in [1.165, 1.54) is 0 Å². The maximum atomic E-state index is 12.2. The van der Waals surface area contributed by atoms with Gasteiger partial charge in [-0.05, 0) is 75.0 Å². The maximum Gasteiger partial charge on any atom is 0.333 e. The van der Waals surface area contributed by atoms with Crippen LogP contribution >= 0.6 is 0 Å². The first-order chi connectivity index (χ1) is 29.7. The van der Waals surface area contributed by atoms with E-state index in [9.17, 15) is 40.3 Å². The molecule has 336 valence electrons. The number of carbonyl (C=O) groups is 3. The average Bonchev–Trinajstić information content (AvgIpc) is 3.72. The third-order valence-corrected chi connectivity index (χ3v) is 13.5. The molecular weight excluding hydrogens is 845 g/mol. The summed E-state index contributed by atoms with van der Waals surface area (Å²) in [6.45, 7) is 11.8. The van der Waals surface area contributed by atoms with Crippen LogP contribution in [0.2, 0.25) is 0 Å². The normalized spacial score (nSPS) is 18.0. The van der Waals surface area contributed by atoms with Crippen molar-refractivity contribution in [2.24, 2.45) is 0 Å². The number of pyridine rings is 1. The molecule has 1 aromatic heterocycles. The number of benzene rings is 2. The number of aryl methyl sites for hydroxylation is 2. The second kappa shape index (κ2) is 19.2. The number of anilines is 1. The topological polar surface area (TPSA) is 188 Å². The first-order valence-electron chi connectivity index (χ1n) is 21.3. The number of unbranched alkanes of at least 4 members (excludes halogenated alkanes) is 2. The van der Waals surface area contributed by atoms with Crippen molar-refractivity contribution >= 4 is 60.7 Å². The number of amides is 2. The van der Waals surface area contributed by atoms with E-state index in [1.54, 1.807) is 0 Å². The van der Waals surface area contributed by atoms with E-state index in [-0.39, 0.29) is 32.1 Å². The van der Waals surface area contributed by atoms with Gasteiger partial charge in [0.2, 0.25) is 5.69 Å². The minimum absolute atomic E-state index is 0.0459. The summed E-state index contributed by atoms with van der Waals surface area (Å²) in [4.78, 5) is 42.8. The maximum absolute atomic E-state index is 12.2. The molecule has 3 aliphatic heterocycles. The van der Waals surface area contributed by atoms with Crippen LogP contribution in [0, 0.1) is 6.92 Å². The molecule has 6 rings (SSSR count). The summed E-state index contributed by atoms with van der Waals surface area (Å²) < 4.78 is 73.7. The average molecular weight is 901 g/mol. The molecule has 63 heavy (non-hydrogen) atoms. The van der Waals surface area contributed by atoms with Crippen molar-refractivity contribution in [3.8, 4) is 0 Å². The van der Waals surface area contributed by atoms with Gasteiger partial charge in [0.15, 0.2) is 18.1 Å². The predicted molar refractivity (Wildman–Crippen MR) is 237 cm³/mol. The van der Waals surface area contributed by atoms with Gasteiger partial charge in [0, 0.05) is 96.8 Å². The number of hydrogen-bond donors (Lipinski definition) is 0. The minimum Gasteiger partial charge on any atom is -0.748 e. The van der Waals surface area contributed by atoms with Crippen LogP contribution in [0.1, 0.15) is 101 Å². The van der Waals surface area contributed by atoms with Gasteiger partial charge >= 0.3 is 5.97 Å². The smallest absolute Gasteiger partial charge is 0.333 e. The predicted octanol–water partition coefficient (Wildman–Crippen LogP) is 6.02. The van der Waals surface area contributed by atoms with Crippen molar-refractivity contribution in [1.29, 1.82) is 0 Å². The number of para-hydroxylation sites is 1. The van der Waals surface area contributed by atoms with Crippen LogP contribution in [-0.2, 0) is 56.8 Å². The second-order valence-corrected chi connectivity index (χ2v) is 20.4. The summed E-state index contributed by atoms with van der Waals surface area (Å²) in [7, 11) is -8.81. The van der Waals surface area contributed by atoms with E-state index in [1.807, 2.05) is 84.6 Å². The molecule has 0 unspecified atom stereocenters. The standard InChI is InChI=1S/C47H56N4O10S2/c1-34-16-19-40-38(33-34)47(4,5)42(50(40)28-12-32-63(58,59)60)21-18-35(17-20-41-46(2,3)37-13-8-9-14-39(37)49(41)27-11-31-62(55,56)57)36-24-29-48(30-25-36)26-10-6-7-15-45(54)61-51-43(52)22-23-44(51)53/h8-9,13-14,16-21,24-25,29-30,33H,6-7,10-12,15,22-23,26-28,31-32H2,1-5H3. The van der Waals surface area contributed by atoms with E-state index in [0.717, 1.165) is 63.5 Å². The molecule has 4 heterocycles. The van der Waals surface area contributed by atoms with Gasteiger partial charge in [-0.25, -0.2) is 26.2 Å². The summed E-state index contributed by atoms with van der Waals surface area (Å²) in [6.07, 6.45) is 14.6. The Labute approximate surface area is 370 Å². The lowest BCUT2D eigenvalue weighted by molar-refractivity contribution is -0.697. The van der Waals surface area contributed by atoms with E-state index in [2.05, 4.69) is 55.4 Å². The Hall–Kier alpha value is -5.29. The molecule has 1 saturated heterocycles. The lowest BCUT2D eigenvalue weighted by atomic mass is 9.81. The van der Waals surface area contributed by atoms with Crippen molar-refractivity contribution in [2.75, 3.05) is 29.5 Å². The zero-order valence-corrected chi connectivity index (χ0v) is 38.2. The van der Waals surface area contributed by atoms with Gasteiger partial charge < -0.3 is 18.8 Å². The fourth-order valence-electron chi connectivity index (χ4n) is 8.64. The fraction of sp³-hybridized carbons (Fsp3) is 0.426. The van der Waals surface area contributed by atoms with E-state index in [0.29, 0.717) is 31.1 Å². The van der Waals surface area contributed by atoms with Gasteiger partial charge in [-0.15, -0.1) is 5.06 Å². The van der Waals surface area contributed by atoms with Crippen molar-refractivity contribution in [1.82, 2.24) is 5.06 Å². The van der Waals surface area contributed by atoms with Crippen LogP contribution in [0.5, 0.6) is 0 Å². The zero-order valence-electron chi connectivity index (χ0n) is 36.5. The summed E-state index contributed by atoms with van der Waals surface area (Å²) in [6, 6.07) is 18.2. The molecule has 0 N–H and O–H groups in total. The van der Waals surface area contributed by atoms with Gasteiger partial charge in [-0.1, -0.05) is 55.8 Å². The molecule has 0 spiro atoms.